The Bertz CT molecular complexity index is 1150. The minimum Gasteiger partial charge on any atom is -0.296 e. The van der Waals surface area contributed by atoms with E-state index in [2.05, 4.69) is 39.6 Å². The van der Waals surface area contributed by atoms with Crippen LogP contribution < -0.4 is 0 Å². The molecule has 4 heterocycles. The van der Waals surface area contributed by atoms with Crippen molar-refractivity contribution in [1.29, 1.82) is 0 Å². The second kappa shape index (κ2) is 3.58. The highest BCUT2D eigenvalue weighted by Gasteiger charge is 2.15. The number of hydrogen-bond acceptors (Lipinski definition) is 3. The van der Waals surface area contributed by atoms with Crippen molar-refractivity contribution in [3.63, 3.8) is 0 Å². The third kappa shape index (κ3) is 1.27. The zero-order valence-electron chi connectivity index (χ0n) is 11.4. The minimum absolute atomic E-state index is 0.833. The Morgan fingerprint density at radius 2 is 2.00 bits per heavy atom. The molecule has 5 aromatic rings. The number of imidazole rings is 1. The molecule has 0 N–H and O–H groups in total. The molecule has 4 aromatic heterocycles. The van der Waals surface area contributed by atoms with Crippen molar-refractivity contribution in [2.45, 2.75) is 6.92 Å². The van der Waals surface area contributed by atoms with Gasteiger partial charge in [0.15, 0.2) is 5.65 Å². The Hall–Kier alpha value is -2.95. The summed E-state index contributed by atoms with van der Waals surface area (Å²) >= 11 is 0. The van der Waals surface area contributed by atoms with Crippen LogP contribution in [0.25, 0.3) is 33.2 Å². The van der Waals surface area contributed by atoms with Crippen molar-refractivity contribution >= 4 is 33.2 Å². The SMILES string of the molecule is Cc1ccn2c(c1)nc1c3ccccc3n3ncnc3c12. The van der Waals surface area contributed by atoms with Crippen molar-refractivity contribution in [1.82, 2.24) is 24.0 Å². The lowest BCUT2D eigenvalue weighted by atomic mass is 10.2. The average Bonchev–Trinajstić information content (AvgIpc) is 3.10. The summed E-state index contributed by atoms with van der Waals surface area (Å²) in [6.07, 6.45) is 3.64. The van der Waals surface area contributed by atoms with E-state index in [9.17, 15) is 0 Å². The van der Waals surface area contributed by atoms with Gasteiger partial charge in [0.05, 0.1) is 5.52 Å². The first-order chi connectivity index (χ1) is 10.3. The lowest BCUT2D eigenvalue weighted by Gasteiger charge is -2.03. The zero-order chi connectivity index (χ0) is 14.0. The average molecular weight is 273 g/mol. The van der Waals surface area contributed by atoms with E-state index in [1.165, 1.54) is 5.56 Å². The first-order valence-electron chi connectivity index (χ1n) is 6.82. The molecule has 0 saturated heterocycles. The van der Waals surface area contributed by atoms with Crippen molar-refractivity contribution in [2.75, 3.05) is 0 Å². The number of hydrogen-bond donors (Lipinski definition) is 0. The lowest BCUT2D eigenvalue weighted by molar-refractivity contribution is 1.01. The van der Waals surface area contributed by atoms with E-state index in [0.29, 0.717) is 0 Å². The van der Waals surface area contributed by atoms with E-state index in [4.69, 9.17) is 4.98 Å². The highest BCUT2D eigenvalue weighted by atomic mass is 15.3. The van der Waals surface area contributed by atoms with Crippen LogP contribution >= 0.6 is 0 Å². The summed E-state index contributed by atoms with van der Waals surface area (Å²) in [4.78, 5) is 9.25. The molecule has 0 radical (unpaired) electrons. The molecule has 1 aromatic carbocycles. The maximum atomic E-state index is 4.82. The molecule has 0 spiro atoms. The van der Waals surface area contributed by atoms with Gasteiger partial charge in [-0.25, -0.2) is 14.5 Å². The van der Waals surface area contributed by atoms with Gasteiger partial charge in [0.25, 0.3) is 0 Å². The fourth-order valence-corrected chi connectivity index (χ4v) is 2.99. The smallest absolute Gasteiger partial charge is 0.182 e. The van der Waals surface area contributed by atoms with Crippen LogP contribution in [0, 0.1) is 6.92 Å². The van der Waals surface area contributed by atoms with Gasteiger partial charge >= 0.3 is 0 Å². The molecule has 0 aliphatic carbocycles. The van der Waals surface area contributed by atoms with Crippen LogP contribution in [-0.4, -0.2) is 24.0 Å². The molecular weight excluding hydrogens is 262 g/mol. The van der Waals surface area contributed by atoms with Gasteiger partial charge in [-0.15, -0.1) is 0 Å². The first kappa shape index (κ1) is 10.8. The van der Waals surface area contributed by atoms with Gasteiger partial charge in [-0.2, -0.15) is 5.10 Å². The van der Waals surface area contributed by atoms with Crippen LogP contribution in [-0.2, 0) is 0 Å². The van der Waals surface area contributed by atoms with Gasteiger partial charge in [-0.1, -0.05) is 18.2 Å². The normalized spacial score (nSPS) is 12.0. The van der Waals surface area contributed by atoms with Crippen LogP contribution in [0.3, 0.4) is 0 Å². The van der Waals surface area contributed by atoms with E-state index < -0.39 is 0 Å². The zero-order valence-corrected chi connectivity index (χ0v) is 11.4. The summed E-state index contributed by atoms with van der Waals surface area (Å²) in [7, 11) is 0. The van der Waals surface area contributed by atoms with E-state index in [1.807, 2.05) is 28.9 Å². The van der Waals surface area contributed by atoms with Crippen LogP contribution in [0.15, 0.2) is 48.9 Å². The predicted octanol–water partition coefficient (Wildman–Crippen LogP) is 2.99. The van der Waals surface area contributed by atoms with Gasteiger partial charge in [-0.05, 0) is 30.7 Å². The number of fused-ring (bicyclic) bond motifs is 8. The molecule has 0 fully saturated rings. The Morgan fingerprint density at radius 1 is 1.10 bits per heavy atom. The monoisotopic (exact) mass is 273 g/mol. The van der Waals surface area contributed by atoms with Crippen LogP contribution in [0.1, 0.15) is 5.56 Å². The molecule has 0 unspecified atom stereocenters. The number of nitrogens with zero attached hydrogens (tertiary/aromatic N) is 5. The van der Waals surface area contributed by atoms with Gasteiger partial charge in [0.1, 0.15) is 23.0 Å². The Morgan fingerprint density at radius 3 is 2.95 bits per heavy atom. The largest absolute Gasteiger partial charge is 0.296 e. The lowest BCUT2D eigenvalue weighted by Crippen LogP contribution is -1.94. The van der Waals surface area contributed by atoms with Crippen LogP contribution in [0.5, 0.6) is 0 Å². The van der Waals surface area contributed by atoms with E-state index in [1.54, 1.807) is 6.33 Å². The second-order valence-electron chi connectivity index (χ2n) is 5.25. The summed E-state index contributed by atoms with van der Waals surface area (Å²) in [5.74, 6) is 0. The van der Waals surface area contributed by atoms with Gasteiger partial charge in [0.2, 0.25) is 0 Å². The highest BCUT2D eigenvalue weighted by Crippen LogP contribution is 2.28. The Kier molecular flexibility index (Phi) is 1.84. The summed E-state index contributed by atoms with van der Waals surface area (Å²) < 4.78 is 3.96. The van der Waals surface area contributed by atoms with Gasteiger partial charge < -0.3 is 0 Å². The Labute approximate surface area is 119 Å². The number of benzene rings is 1. The minimum atomic E-state index is 0.833. The number of rotatable bonds is 0. The molecule has 100 valence electrons. The first-order valence-corrected chi connectivity index (χ1v) is 6.82. The van der Waals surface area contributed by atoms with Crippen LogP contribution in [0.4, 0.5) is 0 Å². The maximum absolute atomic E-state index is 4.82. The third-order valence-corrected chi connectivity index (χ3v) is 3.93. The Balaban J connectivity index is 2.21. The summed E-state index contributed by atoms with van der Waals surface area (Å²) in [5.41, 5.74) is 5.96. The van der Waals surface area contributed by atoms with Gasteiger partial charge in [-0.3, -0.25) is 4.40 Å². The summed E-state index contributed by atoms with van der Waals surface area (Å²) in [6, 6.07) is 12.3. The highest BCUT2D eigenvalue weighted by molar-refractivity contribution is 6.09. The molecule has 5 nitrogen and oxygen atoms in total. The van der Waals surface area contributed by atoms with E-state index in [-0.39, 0.29) is 0 Å². The van der Waals surface area contributed by atoms with Crippen molar-refractivity contribution in [3.8, 4) is 0 Å². The molecule has 21 heavy (non-hydrogen) atoms. The van der Waals surface area contributed by atoms with E-state index in [0.717, 1.165) is 33.2 Å². The number of aryl methyl sites for hydroxylation is 1. The maximum Gasteiger partial charge on any atom is 0.182 e. The van der Waals surface area contributed by atoms with Crippen molar-refractivity contribution in [3.05, 3.63) is 54.5 Å². The van der Waals surface area contributed by atoms with Crippen molar-refractivity contribution in [2.24, 2.45) is 0 Å². The molecule has 5 rings (SSSR count). The number of para-hydroxylation sites is 1. The fraction of sp³-hybridized carbons (Fsp3) is 0.0625. The predicted molar refractivity (Wildman–Crippen MR) is 81.5 cm³/mol. The molecule has 0 aliphatic heterocycles. The summed E-state index contributed by atoms with van der Waals surface area (Å²) in [6.45, 7) is 2.07. The molecular formula is C16H11N5. The summed E-state index contributed by atoms with van der Waals surface area (Å²) in [5, 5.41) is 5.46. The molecule has 0 bridgehead atoms. The molecule has 0 aliphatic rings. The molecule has 0 saturated carbocycles. The second-order valence-corrected chi connectivity index (χ2v) is 5.25. The number of pyridine rings is 2. The quantitative estimate of drug-likeness (QED) is 0.436. The standard InChI is InChI=1S/C16H11N5/c1-10-6-7-20-13(8-10)19-14-11-4-2-3-5-12(11)21-16(15(14)20)17-9-18-21/h2-9H,1H3. The van der Waals surface area contributed by atoms with Gasteiger partial charge in [0, 0.05) is 11.6 Å². The number of aromatic nitrogens is 5. The van der Waals surface area contributed by atoms with E-state index >= 15 is 0 Å². The van der Waals surface area contributed by atoms with Crippen molar-refractivity contribution < 1.29 is 0 Å². The topological polar surface area (TPSA) is 47.5 Å². The molecule has 0 atom stereocenters. The van der Waals surface area contributed by atoms with Crippen LogP contribution in [0.2, 0.25) is 0 Å². The molecule has 5 heteroatoms. The fourth-order valence-electron chi connectivity index (χ4n) is 2.99. The molecule has 0 amide bonds. The third-order valence-electron chi connectivity index (χ3n) is 3.93.